The van der Waals surface area contributed by atoms with Crippen LogP contribution in [0.15, 0.2) is 224 Å². The number of hydrogen-bond donors (Lipinski definition) is 0. The average molecular weight is 744 g/mol. The van der Waals surface area contributed by atoms with E-state index in [4.69, 9.17) is 4.98 Å². The maximum Gasteiger partial charge on any atom is 0.179 e. The van der Waals surface area contributed by atoms with Gasteiger partial charge in [-0.1, -0.05) is 188 Å². The summed E-state index contributed by atoms with van der Waals surface area (Å²) in [6, 6.07) is 82.0. The molecular formula is C53H37N3Si. The Bertz CT molecular complexity index is 3070. The molecule has 0 aliphatic rings. The molecule has 8 aromatic carbocycles. The van der Waals surface area contributed by atoms with Gasteiger partial charge in [0.2, 0.25) is 0 Å². The SMILES string of the molecule is c1ccc(-c2cc(-n3c4ccccc4c4ccccc43)nc(-n3c4ccccc4c4cc([Si](c5ccccc5)(c5ccccc5)c5ccccc5)ccc43)c2)cc1. The maximum absolute atomic E-state index is 5.59. The fraction of sp³-hybridized carbons (Fsp3) is 0. The van der Waals surface area contributed by atoms with Gasteiger partial charge in [0.05, 0.1) is 22.1 Å². The summed E-state index contributed by atoms with van der Waals surface area (Å²) >= 11 is 0. The Balaban J connectivity index is 1.21. The van der Waals surface area contributed by atoms with Crippen LogP contribution in [0.1, 0.15) is 0 Å². The highest BCUT2D eigenvalue weighted by molar-refractivity contribution is 7.20. The molecule has 11 rings (SSSR count). The van der Waals surface area contributed by atoms with Crippen molar-refractivity contribution in [3.8, 4) is 22.8 Å². The Morgan fingerprint density at radius 2 is 0.649 bits per heavy atom. The van der Waals surface area contributed by atoms with Crippen molar-refractivity contribution < 1.29 is 0 Å². The van der Waals surface area contributed by atoms with Crippen LogP contribution >= 0.6 is 0 Å². The van der Waals surface area contributed by atoms with Crippen LogP contribution in [0, 0.1) is 0 Å². The summed E-state index contributed by atoms with van der Waals surface area (Å²) in [4.78, 5) is 5.59. The molecule has 3 heterocycles. The van der Waals surface area contributed by atoms with Crippen molar-refractivity contribution in [3.63, 3.8) is 0 Å². The molecule has 268 valence electrons. The largest absolute Gasteiger partial charge is 0.294 e. The third kappa shape index (κ3) is 5.22. The van der Waals surface area contributed by atoms with Gasteiger partial charge >= 0.3 is 0 Å². The normalized spacial score (nSPS) is 11.9. The first-order valence-electron chi connectivity index (χ1n) is 19.6. The van der Waals surface area contributed by atoms with Crippen molar-refractivity contribution in [3.05, 3.63) is 224 Å². The van der Waals surface area contributed by atoms with Gasteiger partial charge in [-0.3, -0.25) is 9.13 Å². The van der Waals surface area contributed by atoms with Crippen molar-refractivity contribution in [1.82, 2.24) is 14.1 Å². The fourth-order valence-electron chi connectivity index (χ4n) is 9.21. The molecule has 0 unspecified atom stereocenters. The summed E-state index contributed by atoms with van der Waals surface area (Å²) in [5, 5.41) is 10.3. The number of para-hydroxylation sites is 3. The second-order valence-electron chi connectivity index (χ2n) is 14.7. The van der Waals surface area contributed by atoms with Gasteiger partial charge in [0, 0.05) is 21.5 Å². The molecule has 0 atom stereocenters. The number of nitrogens with zero attached hydrogens (tertiary/aromatic N) is 3. The number of benzene rings is 8. The van der Waals surface area contributed by atoms with E-state index in [1.54, 1.807) is 0 Å². The summed E-state index contributed by atoms with van der Waals surface area (Å²) in [6.07, 6.45) is 0. The van der Waals surface area contributed by atoms with Crippen LogP contribution in [0.25, 0.3) is 66.4 Å². The van der Waals surface area contributed by atoms with Crippen LogP contribution in [0.3, 0.4) is 0 Å². The Kier molecular flexibility index (Phi) is 7.83. The number of rotatable bonds is 7. The zero-order chi connectivity index (χ0) is 37.8. The minimum Gasteiger partial charge on any atom is -0.294 e. The van der Waals surface area contributed by atoms with E-state index in [9.17, 15) is 0 Å². The molecule has 0 radical (unpaired) electrons. The molecule has 3 aromatic heterocycles. The van der Waals surface area contributed by atoms with Gasteiger partial charge in [0.25, 0.3) is 0 Å². The van der Waals surface area contributed by atoms with E-state index >= 15 is 0 Å². The van der Waals surface area contributed by atoms with Gasteiger partial charge in [-0.25, -0.2) is 4.98 Å². The zero-order valence-corrected chi connectivity index (χ0v) is 32.2. The lowest BCUT2D eigenvalue weighted by atomic mass is 10.1. The van der Waals surface area contributed by atoms with Gasteiger partial charge < -0.3 is 0 Å². The summed E-state index contributed by atoms with van der Waals surface area (Å²) in [5.74, 6) is 1.76. The zero-order valence-electron chi connectivity index (χ0n) is 31.2. The van der Waals surface area contributed by atoms with Gasteiger partial charge in [0.15, 0.2) is 8.07 Å². The lowest BCUT2D eigenvalue weighted by molar-refractivity contribution is 1.01. The first-order chi connectivity index (χ1) is 28.3. The van der Waals surface area contributed by atoms with Crippen LogP contribution in [0.4, 0.5) is 0 Å². The van der Waals surface area contributed by atoms with E-state index in [1.165, 1.54) is 42.3 Å². The van der Waals surface area contributed by atoms with Crippen molar-refractivity contribution in [2.24, 2.45) is 0 Å². The smallest absolute Gasteiger partial charge is 0.179 e. The van der Waals surface area contributed by atoms with Gasteiger partial charge in [-0.15, -0.1) is 0 Å². The molecule has 0 aliphatic carbocycles. The van der Waals surface area contributed by atoms with Crippen LogP contribution in [0.2, 0.25) is 0 Å². The first kappa shape index (κ1) is 33.1. The monoisotopic (exact) mass is 743 g/mol. The predicted octanol–water partition coefficient (Wildman–Crippen LogP) is 10.3. The van der Waals surface area contributed by atoms with Crippen molar-refractivity contribution in [1.29, 1.82) is 0 Å². The number of hydrogen-bond acceptors (Lipinski definition) is 1. The third-order valence-corrected chi connectivity index (χ3v) is 16.4. The van der Waals surface area contributed by atoms with Gasteiger partial charge in [-0.05, 0) is 68.3 Å². The standard InChI is InChI=1S/C53H37N3Si/c1-5-19-38(20-6-1)39-35-52(55-48-30-16-13-27-44(48)45-28-14-17-31-49(45)55)54-53(36-39)56-50-32-18-15-29-46(50)47-37-43(33-34-51(47)56)57(40-21-7-2-8-22-40,41-23-9-3-10-24-41)42-25-11-4-12-26-42/h1-37H. The molecule has 11 aromatic rings. The molecule has 0 saturated heterocycles. The lowest BCUT2D eigenvalue weighted by Gasteiger charge is -2.34. The molecule has 0 fully saturated rings. The minimum absolute atomic E-state index is 0.879. The Hall–Kier alpha value is -7.27. The summed E-state index contributed by atoms with van der Waals surface area (Å²) in [6.45, 7) is 0. The molecule has 0 N–H and O–H groups in total. The maximum atomic E-state index is 5.59. The number of pyridine rings is 1. The fourth-order valence-corrected chi connectivity index (χ4v) is 14.0. The number of fused-ring (bicyclic) bond motifs is 6. The number of aromatic nitrogens is 3. The van der Waals surface area contributed by atoms with Gasteiger partial charge in [-0.2, -0.15) is 0 Å². The Morgan fingerprint density at radius 3 is 1.11 bits per heavy atom. The van der Waals surface area contributed by atoms with E-state index in [2.05, 4.69) is 234 Å². The van der Waals surface area contributed by atoms with Crippen molar-refractivity contribution >= 4 is 72.4 Å². The highest BCUT2D eigenvalue weighted by Gasteiger charge is 2.41. The van der Waals surface area contributed by atoms with E-state index in [-0.39, 0.29) is 0 Å². The minimum atomic E-state index is -2.75. The summed E-state index contributed by atoms with van der Waals surface area (Å²) in [5.41, 5.74) is 6.79. The van der Waals surface area contributed by atoms with Crippen molar-refractivity contribution in [2.75, 3.05) is 0 Å². The molecule has 4 heteroatoms. The van der Waals surface area contributed by atoms with E-state index in [0.717, 1.165) is 44.8 Å². The summed E-state index contributed by atoms with van der Waals surface area (Å²) < 4.78 is 4.70. The van der Waals surface area contributed by atoms with E-state index in [1.807, 2.05) is 0 Å². The Morgan fingerprint density at radius 1 is 0.281 bits per heavy atom. The third-order valence-electron chi connectivity index (χ3n) is 11.7. The van der Waals surface area contributed by atoms with Gasteiger partial charge in [0.1, 0.15) is 11.6 Å². The molecular weight excluding hydrogens is 707 g/mol. The van der Waals surface area contributed by atoms with Crippen molar-refractivity contribution in [2.45, 2.75) is 0 Å². The molecule has 0 aliphatic heterocycles. The molecule has 0 amide bonds. The quantitative estimate of drug-likeness (QED) is 0.118. The van der Waals surface area contributed by atoms with Crippen LogP contribution in [0.5, 0.6) is 0 Å². The van der Waals surface area contributed by atoms with E-state index in [0.29, 0.717) is 0 Å². The molecule has 0 saturated carbocycles. The highest BCUT2D eigenvalue weighted by atomic mass is 28.3. The first-order valence-corrected chi connectivity index (χ1v) is 21.6. The lowest BCUT2D eigenvalue weighted by Crippen LogP contribution is -2.74. The van der Waals surface area contributed by atoms with Crippen LogP contribution in [-0.4, -0.2) is 22.2 Å². The average Bonchev–Trinajstić information content (AvgIpc) is 3.81. The second kappa shape index (κ2) is 13.5. The van der Waals surface area contributed by atoms with Crippen LogP contribution in [-0.2, 0) is 0 Å². The summed E-state index contributed by atoms with van der Waals surface area (Å²) in [7, 11) is -2.75. The predicted molar refractivity (Wildman–Crippen MR) is 242 cm³/mol. The molecule has 57 heavy (non-hydrogen) atoms. The topological polar surface area (TPSA) is 22.8 Å². The molecule has 0 bridgehead atoms. The molecule has 3 nitrogen and oxygen atoms in total. The molecule has 0 spiro atoms. The second-order valence-corrected chi connectivity index (χ2v) is 18.5. The Labute approximate surface area is 332 Å². The van der Waals surface area contributed by atoms with Crippen LogP contribution < -0.4 is 20.7 Å². The highest BCUT2D eigenvalue weighted by Crippen LogP contribution is 2.36. The van der Waals surface area contributed by atoms with E-state index < -0.39 is 8.07 Å².